The molecule has 0 fully saturated rings. The molecule has 0 aliphatic heterocycles. The molecule has 2 heteroatoms. The molecule has 11 rings (SSSR count). The summed E-state index contributed by atoms with van der Waals surface area (Å²) in [7, 11) is 0. The minimum absolute atomic E-state index is 0.915. The van der Waals surface area contributed by atoms with Gasteiger partial charge in [0.05, 0.1) is 22.4 Å². The molecule has 0 radical (unpaired) electrons. The predicted octanol–water partition coefficient (Wildman–Crippen LogP) is 13.4. The molecule has 52 heavy (non-hydrogen) atoms. The lowest BCUT2D eigenvalue weighted by atomic mass is 9.94. The Morgan fingerprint density at radius 1 is 0.250 bits per heavy atom. The SMILES string of the molecule is c1ccc2cc(-c3ccc(-c4ccc(-c5ccc(-c6ccc7ccccc7c6)cc5)c5nc6c(nc45)-c4cccc5cccc-6c45)cc3)ccc2c1. The van der Waals surface area contributed by atoms with Crippen LogP contribution in [-0.4, -0.2) is 9.97 Å². The molecule has 0 N–H and O–H groups in total. The van der Waals surface area contributed by atoms with E-state index in [2.05, 4.69) is 182 Å². The van der Waals surface area contributed by atoms with Crippen LogP contribution in [0, 0.1) is 0 Å². The van der Waals surface area contributed by atoms with Crippen LogP contribution in [0.1, 0.15) is 0 Å². The van der Waals surface area contributed by atoms with Gasteiger partial charge in [-0.05, 0) is 72.4 Å². The van der Waals surface area contributed by atoms with Crippen LogP contribution in [0.15, 0.2) is 182 Å². The Morgan fingerprint density at radius 3 is 1.10 bits per heavy atom. The van der Waals surface area contributed by atoms with Gasteiger partial charge in [-0.3, -0.25) is 0 Å². The van der Waals surface area contributed by atoms with Crippen LogP contribution < -0.4 is 0 Å². The molecule has 1 aliphatic carbocycles. The van der Waals surface area contributed by atoms with Gasteiger partial charge in [-0.2, -0.15) is 0 Å². The monoisotopic (exact) mass is 658 g/mol. The first-order valence-electron chi connectivity index (χ1n) is 17.8. The summed E-state index contributed by atoms with van der Waals surface area (Å²) in [6.45, 7) is 0. The van der Waals surface area contributed by atoms with Crippen molar-refractivity contribution in [3.8, 4) is 67.0 Å². The summed E-state index contributed by atoms with van der Waals surface area (Å²) >= 11 is 0. The molecule has 0 saturated heterocycles. The van der Waals surface area contributed by atoms with E-state index in [0.717, 1.165) is 55.8 Å². The van der Waals surface area contributed by atoms with Crippen molar-refractivity contribution in [2.75, 3.05) is 0 Å². The molecule has 1 heterocycles. The molecular formula is C50H30N2. The highest BCUT2D eigenvalue weighted by molar-refractivity contribution is 6.15. The largest absolute Gasteiger partial charge is 0.243 e. The van der Waals surface area contributed by atoms with Gasteiger partial charge in [-0.1, -0.05) is 170 Å². The molecule has 0 amide bonds. The highest BCUT2D eigenvalue weighted by atomic mass is 14.8. The lowest BCUT2D eigenvalue weighted by Crippen LogP contribution is -1.96. The van der Waals surface area contributed by atoms with Crippen molar-refractivity contribution in [1.29, 1.82) is 0 Å². The summed E-state index contributed by atoms with van der Waals surface area (Å²) in [4.78, 5) is 11.0. The van der Waals surface area contributed by atoms with Crippen molar-refractivity contribution in [2.24, 2.45) is 0 Å². The smallest absolute Gasteiger partial charge is 0.0980 e. The third-order valence-electron chi connectivity index (χ3n) is 10.8. The van der Waals surface area contributed by atoms with E-state index in [1.807, 2.05) is 0 Å². The molecule has 10 aromatic rings. The number of hydrogen-bond acceptors (Lipinski definition) is 2. The van der Waals surface area contributed by atoms with Crippen LogP contribution in [0.2, 0.25) is 0 Å². The number of hydrogen-bond donors (Lipinski definition) is 0. The summed E-state index contributed by atoms with van der Waals surface area (Å²) in [6, 6.07) is 65.6. The van der Waals surface area contributed by atoms with Gasteiger partial charge in [0.15, 0.2) is 0 Å². The molecule has 240 valence electrons. The highest BCUT2D eigenvalue weighted by Gasteiger charge is 2.26. The normalized spacial score (nSPS) is 11.8. The molecular weight excluding hydrogens is 629 g/mol. The van der Waals surface area contributed by atoms with Gasteiger partial charge >= 0.3 is 0 Å². The molecule has 1 aromatic heterocycles. The first-order chi connectivity index (χ1) is 25.7. The zero-order valence-electron chi connectivity index (χ0n) is 28.2. The van der Waals surface area contributed by atoms with E-state index in [9.17, 15) is 0 Å². The molecule has 9 aromatic carbocycles. The summed E-state index contributed by atoms with van der Waals surface area (Å²) in [5, 5.41) is 7.45. The minimum atomic E-state index is 0.915. The van der Waals surface area contributed by atoms with E-state index in [0.29, 0.717) is 0 Å². The number of benzene rings is 9. The average molecular weight is 659 g/mol. The number of nitrogens with zero attached hydrogens (tertiary/aromatic N) is 2. The van der Waals surface area contributed by atoms with Gasteiger partial charge in [0.2, 0.25) is 0 Å². The second kappa shape index (κ2) is 11.3. The van der Waals surface area contributed by atoms with Crippen molar-refractivity contribution in [2.45, 2.75) is 0 Å². The average Bonchev–Trinajstić information content (AvgIpc) is 3.53. The zero-order valence-corrected chi connectivity index (χ0v) is 28.2. The maximum absolute atomic E-state index is 5.50. The summed E-state index contributed by atoms with van der Waals surface area (Å²) < 4.78 is 0. The van der Waals surface area contributed by atoms with Crippen LogP contribution in [0.4, 0.5) is 0 Å². The van der Waals surface area contributed by atoms with Crippen molar-refractivity contribution in [3.63, 3.8) is 0 Å². The van der Waals surface area contributed by atoms with Gasteiger partial charge in [0, 0.05) is 27.6 Å². The fraction of sp³-hybridized carbons (Fsp3) is 0. The van der Waals surface area contributed by atoms with E-state index in [1.54, 1.807) is 0 Å². The van der Waals surface area contributed by atoms with E-state index in [4.69, 9.17) is 9.97 Å². The summed E-state index contributed by atoms with van der Waals surface area (Å²) in [6.07, 6.45) is 0. The molecule has 0 unspecified atom stereocenters. The second-order valence-electron chi connectivity index (χ2n) is 13.8. The first kappa shape index (κ1) is 28.9. The Labute approximate surface area is 301 Å². The molecule has 0 atom stereocenters. The predicted molar refractivity (Wildman–Crippen MR) is 218 cm³/mol. The Hall–Kier alpha value is -6.90. The number of fused-ring (bicyclic) bond motifs is 6. The van der Waals surface area contributed by atoms with Crippen molar-refractivity contribution in [3.05, 3.63) is 182 Å². The molecule has 2 nitrogen and oxygen atoms in total. The lowest BCUT2D eigenvalue weighted by Gasteiger charge is -2.14. The van der Waals surface area contributed by atoms with Crippen molar-refractivity contribution < 1.29 is 0 Å². The maximum Gasteiger partial charge on any atom is 0.0980 e. The number of aromatic nitrogens is 2. The van der Waals surface area contributed by atoms with Crippen LogP contribution in [0.25, 0.3) is 110 Å². The van der Waals surface area contributed by atoms with Crippen molar-refractivity contribution >= 4 is 43.4 Å². The molecule has 0 bridgehead atoms. The Bertz CT molecular complexity index is 2840. The van der Waals surface area contributed by atoms with E-state index < -0.39 is 0 Å². The van der Waals surface area contributed by atoms with Crippen LogP contribution in [-0.2, 0) is 0 Å². The standard InChI is InChI=1S/C50H30N2/c1-3-9-38-29-40(25-19-31(38)7-1)33-15-21-35(22-16-33)42-27-28-43(36-23-17-34(18-24-36)41-26-20-32-8-2-4-10-39(32)30-41)48-47(42)51-49-44-13-5-11-37-12-6-14-45(46(37)44)50(49)52-48/h1-30H. The van der Waals surface area contributed by atoms with E-state index in [1.165, 1.54) is 54.6 Å². The van der Waals surface area contributed by atoms with Gasteiger partial charge in [0.25, 0.3) is 0 Å². The van der Waals surface area contributed by atoms with E-state index >= 15 is 0 Å². The van der Waals surface area contributed by atoms with Crippen LogP contribution in [0.5, 0.6) is 0 Å². The Balaban J connectivity index is 1.06. The molecule has 0 saturated carbocycles. The van der Waals surface area contributed by atoms with Crippen LogP contribution in [0.3, 0.4) is 0 Å². The quantitative estimate of drug-likeness (QED) is 0.188. The first-order valence-corrected chi connectivity index (χ1v) is 17.8. The topological polar surface area (TPSA) is 25.8 Å². The maximum atomic E-state index is 5.50. The summed E-state index contributed by atoms with van der Waals surface area (Å²) in [5.41, 5.74) is 15.2. The number of rotatable bonds is 4. The fourth-order valence-corrected chi connectivity index (χ4v) is 8.13. The van der Waals surface area contributed by atoms with Gasteiger partial charge < -0.3 is 0 Å². The van der Waals surface area contributed by atoms with Gasteiger partial charge in [-0.25, -0.2) is 9.97 Å². The molecule has 1 aliphatic rings. The Kier molecular flexibility index (Phi) is 6.28. The van der Waals surface area contributed by atoms with Crippen LogP contribution >= 0.6 is 0 Å². The Morgan fingerprint density at radius 2 is 0.635 bits per heavy atom. The lowest BCUT2D eigenvalue weighted by molar-refractivity contribution is 1.32. The fourth-order valence-electron chi connectivity index (χ4n) is 8.13. The van der Waals surface area contributed by atoms with E-state index in [-0.39, 0.29) is 0 Å². The third-order valence-corrected chi connectivity index (χ3v) is 10.8. The highest BCUT2D eigenvalue weighted by Crippen LogP contribution is 2.47. The summed E-state index contributed by atoms with van der Waals surface area (Å²) in [5.74, 6) is 0. The third kappa shape index (κ3) is 4.51. The van der Waals surface area contributed by atoms with Gasteiger partial charge in [0.1, 0.15) is 0 Å². The van der Waals surface area contributed by atoms with Gasteiger partial charge in [-0.15, -0.1) is 0 Å². The second-order valence-corrected chi connectivity index (χ2v) is 13.8. The minimum Gasteiger partial charge on any atom is -0.243 e. The zero-order chi connectivity index (χ0) is 34.2. The molecule has 0 spiro atoms. The van der Waals surface area contributed by atoms with Crippen molar-refractivity contribution in [1.82, 2.24) is 9.97 Å².